The van der Waals surface area contributed by atoms with Crippen LogP contribution in [-0.2, 0) is 9.53 Å². The predicted octanol–water partition coefficient (Wildman–Crippen LogP) is 5.27. The molecule has 178 valence electrons. The summed E-state index contributed by atoms with van der Waals surface area (Å²) in [6.45, 7) is -2.62. The molecule has 0 aromatic carbocycles. The van der Waals surface area contributed by atoms with Crippen LogP contribution in [0, 0.1) is 0 Å². The van der Waals surface area contributed by atoms with E-state index >= 15 is 0 Å². The molecule has 0 heterocycles. The van der Waals surface area contributed by atoms with Crippen molar-refractivity contribution in [2.45, 2.75) is 42.1 Å². The maximum atomic E-state index is 13.3. The molecule has 0 atom stereocenters. The monoisotopic (exact) mass is 488 g/mol. The van der Waals surface area contributed by atoms with Crippen molar-refractivity contribution in [1.82, 2.24) is 0 Å². The maximum Gasteiger partial charge on any atom is 0.426 e. The highest BCUT2D eigenvalue weighted by Crippen LogP contribution is 2.61. The Kier molecular flexibility index (Phi) is 7.43. The lowest BCUT2D eigenvalue weighted by Gasteiger charge is -2.40. The number of halogens is 16. The van der Waals surface area contributed by atoms with Gasteiger partial charge in [0.1, 0.15) is 0 Å². The van der Waals surface area contributed by atoms with Gasteiger partial charge < -0.3 is 9.84 Å². The van der Waals surface area contributed by atoms with E-state index in [2.05, 4.69) is 4.74 Å². The van der Waals surface area contributed by atoms with Crippen LogP contribution in [0.2, 0.25) is 0 Å². The zero-order valence-corrected chi connectivity index (χ0v) is 13.1. The van der Waals surface area contributed by atoms with Gasteiger partial charge in [-0.2, -0.15) is 52.7 Å². The third kappa shape index (κ3) is 4.11. The summed E-state index contributed by atoms with van der Waals surface area (Å²) in [5, 5.41) is 7.90. The molecule has 0 amide bonds. The van der Waals surface area contributed by atoms with Gasteiger partial charge in [0.15, 0.2) is 6.61 Å². The third-order valence-corrected chi connectivity index (χ3v) is 3.00. The lowest BCUT2D eigenvalue weighted by Crippen LogP contribution is -2.71. The molecule has 0 spiro atoms. The van der Waals surface area contributed by atoms with Crippen molar-refractivity contribution in [3.8, 4) is 0 Å². The Bertz CT molecular complexity index is 682. The Labute approximate surface area is 152 Å². The number of carboxylic acid groups (broad SMARTS) is 1. The molecule has 3 nitrogen and oxygen atoms in total. The Morgan fingerprint density at radius 2 is 1.10 bits per heavy atom. The van der Waals surface area contributed by atoms with Crippen molar-refractivity contribution in [1.29, 1.82) is 0 Å². The van der Waals surface area contributed by atoms with Crippen LogP contribution in [0.15, 0.2) is 11.7 Å². The number of rotatable bonds is 10. The van der Waals surface area contributed by atoms with Gasteiger partial charge in [0.25, 0.3) is 6.43 Å². The fourth-order valence-corrected chi connectivity index (χ4v) is 1.40. The number of hydrogen-bond donors (Lipinski definition) is 1. The van der Waals surface area contributed by atoms with Gasteiger partial charge in [-0.1, -0.05) is 0 Å². The van der Waals surface area contributed by atoms with Gasteiger partial charge in [-0.15, -0.1) is 0 Å². The van der Waals surface area contributed by atoms with Crippen molar-refractivity contribution >= 4 is 5.97 Å². The molecule has 0 aromatic heterocycles. The first-order valence-electron chi connectivity index (χ1n) is 6.39. The van der Waals surface area contributed by atoms with Crippen molar-refractivity contribution in [2.24, 2.45) is 0 Å². The number of allylic oxidation sites excluding steroid dienone is 2. The normalized spacial score (nSPS) is 16.0. The van der Waals surface area contributed by atoms with E-state index in [1.165, 1.54) is 0 Å². The van der Waals surface area contributed by atoms with E-state index in [1.54, 1.807) is 0 Å². The van der Waals surface area contributed by atoms with Gasteiger partial charge in [0, 0.05) is 0 Å². The highest BCUT2D eigenvalue weighted by atomic mass is 19.4. The molecule has 0 aromatic rings. The Morgan fingerprint density at radius 3 is 1.43 bits per heavy atom. The minimum atomic E-state index is -8.40. The highest BCUT2D eigenvalue weighted by Gasteiger charge is 2.91. The van der Waals surface area contributed by atoms with Crippen molar-refractivity contribution < 1.29 is 84.9 Å². The number of carboxylic acids is 1. The summed E-state index contributed by atoms with van der Waals surface area (Å²) in [5.41, 5.74) is 0. The van der Waals surface area contributed by atoms with E-state index in [0.717, 1.165) is 0 Å². The van der Waals surface area contributed by atoms with Gasteiger partial charge in [-0.05, 0) is 0 Å². The van der Waals surface area contributed by atoms with E-state index in [9.17, 15) is 75.0 Å². The molecule has 30 heavy (non-hydrogen) atoms. The minimum absolute atomic E-state index is 2.38. The number of ether oxygens (including phenoxy) is 1. The zero-order valence-electron chi connectivity index (χ0n) is 13.1. The summed E-state index contributed by atoms with van der Waals surface area (Å²) in [6, 6.07) is 0. The predicted molar refractivity (Wildman–Crippen MR) is 58.5 cm³/mol. The fourth-order valence-electron chi connectivity index (χ4n) is 1.40. The van der Waals surface area contributed by atoms with Crippen LogP contribution >= 0.6 is 0 Å². The van der Waals surface area contributed by atoms with Gasteiger partial charge >= 0.3 is 41.7 Å². The van der Waals surface area contributed by atoms with Gasteiger partial charge in [-0.25, -0.2) is 22.4 Å². The van der Waals surface area contributed by atoms with Crippen LogP contribution in [0.3, 0.4) is 0 Å². The first kappa shape index (κ1) is 28.0. The quantitative estimate of drug-likeness (QED) is 0.427. The molecule has 0 aliphatic rings. The molecule has 0 aliphatic carbocycles. The molecule has 0 saturated carbocycles. The van der Waals surface area contributed by atoms with Gasteiger partial charge in [-0.3, -0.25) is 0 Å². The molecule has 1 N–H and O–H groups in total. The fraction of sp³-hybridized carbons (Fsp3) is 0.727. The first-order chi connectivity index (χ1) is 12.9. The molecule has 0 saturated heterocycles. The molecule has 0 rings (SSSR count). The van der Waals surface area contributed by atoms with E-state index in [4.69, 9.17) is 5.11 Å². The topological polar surface area (TPSA) is 46.5 Å². The van der Waals surface area contributed by atoms with Crippen LogP contribution in [-0.4, -0.2) is 59.8 Å². The van der Waals surface area contributed by atoms with E-state index < -0.39 is 66.4 Å². The number of hydrogen-bond acceptors (Lipinski definition) is 2. The van der Waals surface area contributed by atoms with Crippen molar-refractivity contribution in [2.75, 3.05) is 6.61 Å². The molecule has 0 aliphatic heterocycles. The van der Waals surface area contributed by atoms with Crippen molar-refractivity contribution in [3.63, 3.8) is 0 Å². The second-order valence-corrected chi connectivity index (χ2v) is 5.03. The summed E-state index contributed by atoms with van der Waals surface area (Å²) < 4.78 is 209. The number of alkyl halides is 14. The zero-order chi connectivity index (χ0) is 24.7. The second kappa shape index (κ2) is 7.95. The van der Waals surface area contributed by atoms with Gasteiger partial charge in [0.05, 0.1) is 0 Å². The van der Waals surface area contributed by atoms with E-state index in [0.29, 0.717) is 0 Å². The third-order valence-electron chi connectivity index (χ3n) is 3.00. The standard InChI is InChI=1S/C11H4F16O3/c12-3(5(14)15)4(13)6(16,17)7(18,19)8(20,21)9(22,23)10(24,25)11(26,27)30-1-2(28)29/h5H,1H2,(H,28,29). The average molecular weight is 488 g/mol. The molecule has 0 radical (unpaired) electrons. The number of carbonyl (C=O) groups is 1. The lowest BCUT2D eigenvalue weighted by molar-refractivity contribution is -0.455. The summed E-state index contributed by atoms with van der Waals surface area (Å²) in [5.74, 6) is -52.1. The molecule has 0 fully saturated rings. The summed E-state index contributed by atoms with van der Waals surface area (Å²) in [4.78, 5) is 9.90. The minimum Gasteiger partial charge on any atom is -0.480 e. The summed E-state index contributed by atoms with van der Waals surface area (Å²) in [7, 11) is 0. The Hall–Kier alpha value is -1.95. The van der Waals surface area contributed by atoms with Crippen LogP contribution in [0.5, 0.6) is 0 Å². The van der Waals surface area contributed by atoms with Crippen molar-refractivity contribution in [3.05, 3.63) is 11.7 Å². The Morgan fingerprint density at radius 1 is 0.733 bits per heavy atom. The molecule has 19 heteroatoms. The van der Waals surface area contributed by atoms with Gasteiger partial charge in [0.2, 0.25) is 11.7 Å². The first-order valence-corrected chi connectivity index (χ1v) is 6.39. The highest BCUT2D eigenvalue weighted by molar-refractivity contribution is 5.68. The Balaban J connectivity index is 6.54. The van der Waals surface area contributed by atoms with E-state index in [1.807, 2.05) is 0 Å². The number of aliphatic carboxylic acids is 1. The largest absolute Gasteiger partial charge is 0.480 e. The summed E-state index contributed by atoms with van der Waals surface area (Å²) in [6.07, 6.45) is -12.1. The SMILES string of the molecule is O=C(O)COC(F)(F)C(F)(F)C(F)(F)C(F)(F)C(F)(F)C(F)(F)C(F)=C(F)C(F)F. The second-order valence-electron chi connectivity index (χ2n) is 5.03. The van der Waals surface area contributed by atoms with Crippen LogP contribution in [0.4, 0.5) is 70.2 Å². The summed E-state index contributed by atoms with van der Waals surface area (Å²) >= 11 is 0. The molecular formula is C11H4F16O3. The maximum absolute atomic E-state index is 13.3. The van der Waals surface area contributed by atoms with E-state index in [-0.39, 0.29) is 0 Å². The van der Waals surface area contributed by atoms with Crippen LogP contribution < -0.4 is 0 Å². The molecular weight excluding hydrogens is 484 g/mol. The molecule has 0 unspecified atom stereocenters. The lowest BCUT2D eigenvalue weighted by atomic mass is 9.93. The average Bonchev–Trinajstić information content (AvgIpc) is 2.57. The van der Waals surface area contributed by atoms with Crippen LogP contribution in [0.1, 0.15) is 0 Å². The van der Waals surface area contributed by atoms with Crippen LogP contribution in [0.25, 0.3) is 0 Å². The molecule has 0 bridgehead atoms. The smallest absolute Gasteiger partial charge is 0.426 e.